The van der Waals surface area contributed by atoms with Gasteiger partial charge < -0.3 is 20.4 Å². The van der Waals surface area contributed by atoms with Crippen molar-refractivity contribution in [1.29, 1.82) is 0 Å². The number of nitrogens with one attached hydrogen (secondary N) is 3. The second kappa shape index (κ2) is 11.2. The maximum atomic E-state index is 13.1. The summed E-state index contributed by atoms with van der Waals surface area (Å²) in [6.45, 7) is 0.534. The van der Waals surface area contributed by atoms with Gasteiger partial charge in [0.1, 0.15) is 11.9 Å². The van der Waals surface area contributed by atoms with Crippen LogP contribution in [0.2, 0.25) is 0 Å². The molecule has 0 spiro atoms. The molecule has 0 bridgehead atoms. The molecule has 7 nitrogen and oxygen atoms in total. The summed E-state index contributed by atoms with van der Waals surface area (Å²) in [5.41, 5.74) is 3.04. The average Bonchev–Trinajstić information content (AvgIpc) is 3.34. The van der Waals surface area contributed by atoms with Crippen LogP contribution in [0.4, 0.5) is 5.69 Å². The number of thioether (sulfide) groups is 1. The summed E-state index contributed by atoms with van der Waals surface area (Å²) < 4.78 is 4.87. The molecule has 0 aliphatic carbocycles. The number of carbonyl (C=O) groups is 2. The molecule has 0 radical (unpaired) electrons. The number of anilines is 1. The predicted octanol–water partition coefficient (Wildman–Crippen LogP) is 3.71. The summed E-state index contributed by atoms with van der Waals surface area (Å²) in [4.78, 5) is 32.5. The number of H-pyrrole nitrogens is 1. The van der Waals surface area contributed by atoms with E-state index in [4.69, 9.17) is 4.74 Å². The van der Waals surface area contributed by atoms with Gasteiger partial charge in [0.05, 0.1) is 13.7 Å². The van der Waals surface area contributed by atoms with Crippen LogP contribution in [0.5, 0.6) is 0 Å². The lowest BCUT2D eigenvalue weighted by Gasteiger charge is -2.18. The Bertz CT molecular complexity index is 993. The van der Waals surface area contributed by atoms with Gasteiger partial charge in [-0.3, -0.25) is 4.79 Å². The molecule has 1 aromatic heterocycles. The van der Waals surface area contributed by atoms with Gasteiger partial charge in [0, 0.05) is 23.6 Å². The minimum absolute atomic E-state index is 0.312. The van der Waals surface area contributed by atoms with Crippen LogP contribution >= 0.6 is 11.8 Å². The number of rotatable bonds is 10. The summed E-state index contributed by atoms with van der Waals surface area (Å²) in [5.74, 6) is 0.799. The van der Waals surface area contributed by atoms with E-state index in [2.05, 4.69) is 20.6 Å². The summed E-state index contributed by atoms with van der Waals surface area (Å²) in [7, 11) is 1.33. The van der Waals surface area contributed by atoms with Gasteiger partial charge >= 0.3 is 5.97 Å². The quantitative estimate of drug-likeness (QED) is 0.418. The van der Waals surface area contributed by atoms with Crippen LogP contribution in [0.1, 0.15) is 22.6 Å². The number of benzene rings is 2. The Kier molecular flexibility index (Phi) is 8.12. The number of aromatic amines is 1. The van der Waals surface area contributed by atoms with Crippen LogP contribution in [0.15, 0.2) is 60.9 Å². The fourth-order valence-corrected chi connectivity index (χ4v) is 3.62. The van der Waals surface area contributed by atoms with E-state index in [1.807, 2.05) is 48.7 Å². The van der Waals surface area contributed by atoms with Gasteiger partial charge in [0.2, 0.25) is 0 Å². The molecule has 3 aromatic rings. The van der Waals surface area contributed by atoms with E-state index in [0.717, 1.165) is 28.4 Å². The largest absolute Gasteiger partial charge is 0.467 e. The van der Waals surface area contributed by atoms with E-state index in [1.165, 1.54) is 7.11 Å². The Morgan fingerprint density at radius 1 is 1.19 bits per heavy atom. The Labute approximate surface area is 186 Å². The molecule has 1 heterocycles. The first-order valence-electron chi connectivity index (χ1n) is 9.91. The number of hydrogen-bond donors (Lipinski definition) is 3. The number of hydrogen-bond acceptors (Lipinski definition) is 6. The molecule has 8 heteroatoms. The first-order chi connectivity index (χ1) is 15.1. The maximum Gasteiger partial charge on any atom is 0.328 e. The number of carbonyl (C=O) groups excluding carboxylic acids is 2. The molecular formula is C23H26N4O3S. The Morgan fingerprint density at radius 3 is 2.68 bits per heavy atom. The molecule has 2 aromatic carbocycles. The third-order valence-electron chi connectivity index (χ3n) is 4.77. The van der Waals surface area contributed by atoms with Crippen LogP contribution in [-0.4, -0.2) is 47.0 Å². The fourth-order valence-electron chi connectivity index (χ4n) is 3.15. The topological polar surface area (TPSA) is 96.1 Å². The molecule has 1 amide bonds. The highest BCUT2D eigenvalue weighted by atomic mass is 32.2. The number of aromatic nitrogens is 2. The third kappa shape index (κ3) is 6.11. The highest BCUT2D eigenvalue weighted by Crippen LogP contribution is 2.27. The molecular weight excluding hydrogens is 412 g/mol. The van der Waals surface area contributed by atoms with E-state index < -0.39 is 12.0 Å². The van der Waals surface area contributed by atoms with Crippen molar-refractivity contribution in [3.8, 4) is 11.1 Å². The molecule has 1 atom stereocenters. The lowest BCUT2D eigenvalue weighted by molar-refractivity contribution is -0.142. The van der Waals surface area contributed by atoms with Crippen LogP contribution in [0, 0.1) is 0 Å². The van der Waals surface area contributed by atoms with Gasteiger partial charge in [-0.15, -0.1) is 0 Å². The number of methoxy groups -OCH3 is 1. The van der Waals surface area contributed by atoms with E-state index >= 15 is 0 Å². The van der Waals surface area contributed by atoms with Crippen molar-refractivity contribution in [3.05, 3.63) is 72.3 Å². The molecule has 0 saturated heterocycles. The molecule has 0 unspecified atom stereocenters. The second-order valence-electron chi connectivity index (χ2n) is 6.85. The van der Waals surface area contributed by atoms with Crippen LogP contribution in [-0.2, 0) is 16.1 Å². The first-order valence-corrected chi connectivity index (χ1v) is 11.3. The van der Waals surface area contributed by atoms with Crippen molar-refractivity contribution in [1.82, 2.24) is 15.3 Å². The third-order valence-corrected chi connectivity index (χ3v) is 5.41. The molecule has 3 rings (SSSR count). The Balaban J connectivity index is 1.87. The highest BCUT2D eigenvalue weighted by Gasteiger charge is 2.23. The molecule has 0 saturated carbocycles. The van der Waals surface area contributed by atoms with Crippen molar-refractivity contribution in [2.45, 2.75) is 19.0 Å². The van der Waals surface area contributed by atoms with Gasteiger partial charge in [-0.25, -0.2) is 9.78 Å². The smallest absolute Gasteiger partial charge is 0.328 e. The number of amides is 1. The zero-order chi connectivity index (χ0) is 22.1. The van der Waals surface area contributed by atoms with Gasteiger partial charge in [-0.05, 0) is 47.8 Å². The zero-order valence-corrected chi connectivity index (χ0v) is 18.4. The standard InChI is InChI=1S/C23H26N4O3S/c1-30-23(29)20(10-13-31-2)27-22(28)18-9-8-17(26-15-21-24-11-12-25-21)14-19(18)16-6-4-3-5-7-16/h3-9,11-12,14,20,26H,10,13,15H2,1-2H3,(H,24,25)(H,27,28)/t20-/m0/s1. The summed E-state index contributed by atoms with van der Waals surface area (Å²) in [6.07, 6.45) is 5.93. The normalized spacial score (nSPS) is 11.5. The van der Waals surface area contributed by atoms with E-state index in [0.29, 0.717) is 18.5 Å². The second-order valence-corrected chi connectivity index (χ2v) is 7.83. The van der Waals surface area contributed by atoms with E-state index in [-0.39, 0.29) is 5.91 Å². The fraction of sp³-hybridized carbons (Fsp3) is 0.261. The molecule has 0 fully saturated rings. The molecule has 31 heavy (non-hydrogen) atoms. The van der Waals surface area contributed by atoms with Crippen LogP contribution in [0.25, 0.3) is 11.1 Å². The Morgan fingerprint density at radius 2 is 2.00 bits per heavy atom. The lowest BCUT2D eigenvalue weighted by atomic mass is 9.98. The van der Waals surface area contributed by atoms with Gasteiger partial charge in [-0.1, -0.05) is 30.3 Å². The maximum absolute atomic E-state index is 13.1. The number of imidazole rings is 1. The predicted molar refractivity (Wildman–Crippen MR) is 124 cm³/mol. The van der Waals surface area contributed by atoms with E-state index in [1.54, 1.807) is 30.2 Å². The van der Waals surface area contributed by atoms with Gasteiger partial charge in [0.15, 0.2) is 0 Å². The lowest BCUT2D eigenvalue weighted by Crippen LogP contribution is -2.42. The molecule has 0 aliphatic heterocycles. The minimum atomic E-state index is -0.690. The van der Waals surface area contributed by atoms with Crippen molar-refractivity contribution in [2.24, 2.45) is 0 Å². The van der Waals surface area contributed by atoms with Crippen LogP contribution < -0.4 is 10.6 Å². The molecule has 162 valence electrons. The molecule has 3 N–H and O–H groups in total. The van der Waals surface area contributed by atoms with Crippen LogP contribution in [0.3, 0.4) is 0 Å². The minimum Gasteiger partial charge on any atom is -0.467 e. The molecule has 0 aliphatic rings. The van der Waals surface area contributed by atoms with Crippen molar-refractivity contribution < 1.29 is 14.3 Å². The highest BCUT2D eigenvalue weighted by molar-refractivity contribution is 7.98. The van der Waals surface area contributed by atoms with Gasteiger partial charge in [-0.2, -0.15) is 11.8 Å². The SMILES string of the molecule is COC(=O)[C@H](CCSC)NC(=O)c1ccc(NCc2ncc[nH]2)cc1-c1ccccc1. The monoisotopic (exact) mass is 438 g/mol. The van der Waals surface area contributed by atoms with E-state index in [9.17, 15) is 9.59 Å². The summed E-state index contributed by atoms with van der Waals surface area (Å²) >= 11 is 1.61. The zero-order valence-electron chi connectivity index (χ0n) is 17.6. The Hall–Kier alpha value is -3.26. The summed E-state index contributed by atoms with van der Waals surface area (Å²) in [6, 6.07) is 14.5. The number of esters is 1. The van der Waals surface area contributed by atoms with Crippen molar-refractivity contribution in [2.75, 3.05) is 24.4 Å². The van der Waals surface area contributed by atoms with Crippen molar-refractivity contribution in [3.63, 3.8) is 0 Å². The summed E-state index contributed by atoms with van der Waals surface area (Å²) in [5, 5.41) is 6.16. The number of ether oxygens (including phenoxy) is 1. The van der Waals surface area contributed by atoms with Gasteiger partial charge in [0.25, 0.3) is 5.91 Å². The average molecular weight is 439 g/mol. The number of nitrogens with zero attached hydrogens (tertiary/aromatic N) is 1. The van der Waals surface area contributed by atoms with Crippen molar-refractivity contribution >= 4 is 29.3 Å². The first kappa shape index (κ1) is 22.4.